The molecular formula is C48H76O14P2. The van der Waals surface area contributed by atoms with Crippen LogP contribution in [0.3, 0.4) is 0 Å². The van der Waals surface area contributed by atoms with E-state index in [2.05, 4.69) is 102 Å². The van der Waals surface area contributed by atoms with Crippen LogP contribution >= 0.6 is 15.6 Å². The quantitative estimate of drug-likeness (QED) is 0.0127. The molecule has 0 saturated heterocycles. The first-order valence-electron chi connectivity index (χ1n) is 22.3. The van der Waals surface area contributed by atoms with E-state index < -0.39 is 72.3 Å². The van der Waals surface area contributed by atoms with Gasteiger partial charge in [-0.25, -0.2) is 9.13 Å². The summed E-state index contributed by atoms with van der Waals surface area (Å²) in [5, 5.41) is 20.1. The van der Waals surface area contributed by atoms with E-state index in [4.69, 9.17) is 23.8 Å². The Hall–Kier alpha value is -3.52. The summed E-state index contributed by atoms with van der Waals surface area (Å²) in [4.78, 5) is 52.7. The first kappa shape index (κ1) is 60.5. The summed E-state index contributed by atoms with van der Waals surface area (Å²) in [5.74, 6) is -1.35. The van der Waals surface area contributed by atoms with Crippen molar-refractivity contribution in [3.63, 3.8) is 0 Å². The molecule has 0 rings (SSSR count). The van der Waals surface area contributed by atoms with Crippen molar-refractivity contribution in [3.05, 3.63) is 122 Å². The fourth-order valence-corrected chi connectivity index (χ4v) is 6.22. The van der Waals surface area contributed by atoms with Crippen LogP contribution in [0.25, 0.3) is 0 Å². The summed E-state index contributed by atoms with van der Waals surface area (Å²) in [5.41, 5.74) is 0. The highest BCUT2D eigenvalue weighted by Gasteiger charge is 2.28. The molecular weight excluding hydrogens is 862 g/mol. The molecule has 14 nitrogen and oxygen atoms in total. The largest absolute Gasteiger partial charge is 0.472 e. The molecule has 0 saturated carbocycles. The molecule has 0 aliphatic rings. The van der Waals surface area contributed by atoms with Gasteiger partial charge in [-0.2, -0.15) is 0 Å². The molecule has 0 aliphatic heterocycles. The van der Waals surface area contributed by atoms with Crippen molar-refractivity contribution in [2.75, 3.05) is 26.4 Å². The second-order valence-corrected chi connectivity index (χ2v) is 17.1. The minimum atomic E-state index is -4.90. The van der Waals surface area contributed by atoms with E-state index in [-0.39, 0.29) is 25.7 Å². The van der Waals surface area contributed by atoms with Gasteiger partial charge in [0.05, 0.1) is 25.9 Å². The molecule has 0 heterocycles. The smallest absolute Gasteiger partial charge is 0.462 e. The molecule has 0 aromatic rings. The van der Waals surface area contributed by atoms with Crippen LogP contribution in [-0.4, -0.2) is 81.6 Å². The van der Waals surface area contributed by atoms with Gasteiger partial charge in [-0.15, -0.1) is 0 Å². The number of hydrogen-bond donors (Lipinski definition) is 5. The molecule has 362 valence electrons. The van der Waals surface area contributed by atoms with Crippen LogP contribution in [0.4, 0.5) is 0 Å². The summed E-state index contributed by atoms with van der Waals surface area (Å²) < 4.78 is 47.5. The van der Waals surface area contributed by atoms with E-state index in [1.54, 1.807) is 12.2 Å². The highest BCUT2D eigenvalue weighted by Crippen LogP contribution is 2.43. The van der Waals surface area contributed by atoms with Crippen LogP contribution < -0.4 is 0 Å². The van der Waals surface area contributed by atoms with Crippen LogP contribution in [0.1, 0.15) is 123 Å². The van der Waals surface area contributed by atoms with Crippen molar-refractivity contribution < 1.29 is 66.7 Å². The average molecular weight is 939 g/mol. The summed E-state index contributed by atoms with van der Waals surface area (Å²) in [6.45, 7) is 1.29. The lowest BCUT2D eigenvalue weighted by Gasteiger charge is -2.20. The molecule has 0 aromatic heterocycles. The SMILES string of the molecule is CC/C=C\C/C=C\C/C=C\C/C=C\C=C\C(O)CCCC(=O)O[C@H](COC(=O)CC/C=C\C/C=C\C/C=C\C/C=C\C/C=C\CCCCC)COP(=O)(O)OC[C@@H](O)COP(=O)(O)O. The fourth-order valence-electron chi connectivity index (χ4n) is 5.06. The minimum absolute atomic E-state index is 0.0230. The predicted octanol–water partition coefficient (Wildman–Crippen LogP) is 10.6. The Morgan fingerprint density at radius 1 is 0.531 bits per heavy atom. The van der Waals surface area contributed by atoms with Crippen LogP contribution in [0, 0.1) is 0 Å². The van der Waals surface area contributed by atoms with E-state index >= 15 is 0 Å². The van der Waals surface area contributed by atoms with Crippen molar-refractivity contribution in [2.24, 2.45) is 0 Å². The third kappa shape index (κ3) is 45.1. The molecule has 5 N–H and O–H groups in total. The zero-order valence-electron chi connectivity index (χ0n) is 37.9. The monoisotopic (exact) mass is 938 g/mol. The Morgan fingerprint density at radius 3 is 1.58 bits per heavy atom. The van der Waals surface area contributed by atoms with Crippen molar-refractivity contribution in [2.45, 2.75) is 141 Å². The Morgan fingerprint density at radius 2 is 1.03 bits per heavy atom. The maximum absolute atomic E-state index is 12.7. The van der Waals surface area contributed by atoms with Crippen molar-refractivity contribution in [1.29, 1.82) is 0 Å². The number of ether oxygens (including phenoxy) is 2. The van der Waals surface area contributed by atoms with Gasteiger partial charge in [0.15, 0.2) is 6.10 Å². The zero-order valence-corrected chi connectivity index (χ0v) is 39.7. The van der Waals surface area contributed by atoms with Crippen molar-refractivity contribution in [1.82, 2.24) is 0 Å². The first-order valence-corrected chi connectivity index (χ1v) is 25.4. The number of aliphatic hydroxyl groups excluding tert-OH is 2. The Balaban J connectivity index is 4.83. The second-order valence-electron chi connectivity index (χ2n) is 14.4. The maximum Gasteiger partial charge on any atom is 0.472 e. The molecule has 64 heavy (non-hydrogen) atoms. The maximum atomic E-state index is 12.7. The lowest BCUT2D eigenvalue weighted by Crippen LogP contribution is -2.30. The summed E-state index contributed by atoms with van der Waals surface area (Å²) in [6.07, 6.45) is 49.5. The summed E-state index contributed by atoms with van der Waals surface area (Å²) in [6, 6.07) is 0. The topological polar surface area (TPSA) is 216 Å². The number of phosphoric acid groups is 2. The molecule has 0 aliphatic carbocycles. The Bertz CT molecular complexity index is 1600. The van der Waals surface area contributed by atoms with Gasteiger partial charge >= 0.3 is 27.6 Å². The number of esters is 2. The van der Waals surface area contributed by atoms with E-state index in [1.165, 1.54) is 19.3 Å². The van der Waals surface area contributed by atoms with Gasteiger partial charge in [0, 0.05) is 12.8 Å². The molecule has 4 atom stereocenters. The number of phosphoric ester groups is 2. The van der Waals surface area contributed by atoms with Gasteiger partial charge in [-0.05, 0) is 83.5 Å². The average Bonchev–Trinajstić information content (AvgIpc) is 3.25. The molecule has 0 fully saturated rings. The third-order valence-electron chi connectivity index (χ3n) is 8.44. The van der Waals surface area contributed by atoms with E-state index in [0.29, 0.717) is 12.8 Å². The number of aliphatic hydroxyl groups is 2. The standard InChI is InChI=1S/C48H76O14P2/c1-3-5-7-9-11-13-15-17-18-19-20-21-22-24-26-28-30-32-34-38-47(51)58-42-46(43-61-64(56,57)60-41-45(50)40-59-63(53,54)55)62-48(52)39-35-37-44(49)36-33-31-29-27-25-23-16-14-12-10-8-6-4-2/h6,8,11-14,17-18,20-21,23-26,29-33,36,44-46,49-50H,3-5,7,9-10,15-16,19,22,27-28,34-35,37-43H2,1-2H3,(H,56,57)(H2,53,54,55)/b8-6-,13-11-,14-12-,18-17-,21-20-,25-23-,26-24-,31-29-,32-30-,36-33+/t44?,45-,46+/m0/s1. The third-order valence-corrected chi connectivity index (χ3v) is 9.88. The first-order chi connectivity index (χ1) is 30.8. The van der Waals surface area contributed by atoms with Crippen LogP contribution in [0.2, 0.25) is 0 Å². The van der Waals surface area contributed by atoms with Crippen molar-refractivity contribution in [3.8, 4) is 0 Å². The molecule has 16 heteroatoms. The lowest BCUT2D eigenvalue weighted by atomic mass is 10.1. The Labute approximate surface area is 382 Å². The number of unbranched alkanes of at least 4 members (excludes halogenated alkanes) is 3. The predicted molar refractivity (Wildman–Crippen MR) is 254 cm³/mol. The normalized spacial score (nSPS) is 15.5. The molecule has 0 spiro atoms. The second kappa shape index (κ2) is 42.1. The Kier molecular flexibility index (Phi) is 39.8. The van der Waals surface area contributed by atoms with Gasteiger partial charge in [-0.1, -0.05) is 148 Å². The molecule has 0 amide bonds. The summed E-state index contributed by atoms with van der Waals surface area (Å²) >= 11 is 0. The van der Waals surface area contributed by atoms with Gasteiger partial charge < -0.3 is 34.4 Å². The van der Waals surface area contributed by atoms with Gasteiger partial charge in [0.2, 0.25) is 0 Å². The van der Waals surface area contributed by atoms with E-state index in [9.17, 15) is 33.8 Å². The van der Waals surface area contributed by atoms with Gasteiger partial charge in [0.1, 0.15) is 12.7 Å². The number of hydrogen-bond acceptors (Lipinski definition) is 11. The van der Waals surface area contributed by atoms with Crippen molar-refractivity contribution >= 4 is 27.6 Å². The molecule has 0 aromatic carbocycles. The number of carbonyl (C=O) groups excluding carboxylic acids is 2. The van der Waals surface area contributed by atoms with Crippen LogP contribution in [0.5, 0.6) is 0 Å². The minimum Gasteiger partial charge on any atom is -0.462 e. The highest BCUT2D eigenvalue weighted by atomic mass is 31.2. The zero-order chi connectivity index (χ0) is 47.4. The molecule has 2 unspecified atom stereocenters. The number of rotatable bonds is 40. The fraction of sp³-hybridized carbons (Fsp3) is 0.542. The van der Waals surface area contributed by atoms with E-state index in [0.717, 1.165) is 51.4 Å². The van der Waals surface area contributed by atoms with Crippen LogP contribution in [-0.2, 0) is 41.8 Å². The summed E-state index contributed by atoms with van der Waals surface area (Å²) in [7, 11) is -9.79. The van der Waals surface area contributed by atoms with Gasteiger partial charge in [0.25, 0.3) is 0 Å². The lowest BCUT2D eigenvalue weighted by molar-refractivity contribution is -0.161. The highest BCUT2D eigenvalue weighted by molar-refractivity contribution is 7.47. The van der Waals surface area contributed by atoms with Gasteiger partial charge in [-0.3, -0.25) is 23.2 Å². The number of allylic oxidation sites excluding steroid dienone is 19. The molecule has 0 radical (unpaired) electrons. The van der Waals surface area contributed by atoms with E-state index in [1.807, 2.05) is 30.4 Å². The van der Waals surface area contributed by atoms with Crippen LogP contribution in [0.15, 0.2) is 122 Å². The number of carbonyl (C=O) groups is 2. The molecule has 0 bridgehead atoms.